The van der Waals surface area contributed by atoms with Crippen LogP contribution in [-0.2, 0) is 0 Å². The molecule has 0 amide bonds. The zero-order valence-corrected chi connectivity index (χ0v) is 13.2. The van der Waals surface area contributed by atoms with Gasteiger partial charge < -0.3 is 10.2 Å². The van der Waals surface area contributed by atoms with Crippen molar-refractivity contribution in [1.29, 1.82) is 0 Å². The third-order valence-electron chi connectivity index (χ3n) is 4.23. The second-order valence-electron chi connectivity index (χ2n) is 6.53. The lowest BCUT2D eigenvalue weighted by molar-refractivity contribution is 0.228. The molecule has 3 nitrogen and oxygen atoms in total. The first kappa shape index (κ1) is 15.9. The summed E-state index contributed by atoms with van der Waals surface area (Å²) in [6.45, 7) is 14.1. The third kappa shape index (κ3) is 4.52. The van der Waals surface area contributed by atoms with Crippen molar-refractivity contribution in [2.45, 2.75) is 46.2 Å². The fourth-order valence-corrected chi connectivity index (χ4v) is 2.99. The van der Waals surface area contributed by atoms with Gasteiger partial charge in [-0.05, 0) is 38.9 Å². The highest BCUT2D eigenvalue weighted by molar-refractivity contribution is 4.89. The van der Waals surface area contributed by atoms with E-state index in [1.54, 1.807) is 0 Å². The fourth-order valence-electron chi connectivity index (χ4n) is 2.99. The lowest BCUT2D eigenvalue weighted by atomic mass is 10.0. The van der Waals surface area contributed by atoms with Crippen LogP contribution in [0.4, 0.5) is 0 Å². The van der Waals surface area contributed by atoms with Gasteiger partial charge in [0.15, 0.2) is 0 Å². The van der Waals surface area contributed by atoms with Crippen LogP contribution in [0.1, 0.15) is 34.1 Å². The number of likely N-dealkylation sites (tertiary alicyclic amines) is 1. The molecule has 0 saturated carbocycles. The number of nitrogens with one attached hydrogen (secondary N) is 1. The predicted molar refractivity (Wildman–Crippen MR) is 80.0 cm³/mol. The summed E-state index contributed by atoms with van der Waals surface area (Å²) in [7, 11) is 4.42. The minimum absolute atomic E-state index is 0.637. The van der Waals surface area contributed by atoms with Crippen molar-refractivity contribution in [3.05, 3.63) is 0 Å². The molecule has 0 aromatic rings. The molecule has 1 aliphatic heterocycles. The number of nitrogens with zero attached hydrogens (tertiary/aromatic N) is 2. The lowest BCUT2D eigenvalue weighted by Gasteiger charge is -2.28. The predicted octanol–water partition coefficient (Wildman–Crippen LogP) is 1.89. The van der Waals surface area contributed by atoms with E-state index in [4.69, 9.17) is 0 Å². The van der Waals surface area contributed by atoms with Crippen LogP contribution in [0.2, 0.25) is 0 Å². The smallest absolute Gasteiger partial charge is 0.0254 e. The lowest BCUT2D eigenvalue weighted by Crippen LogP contribution is -2.44. The number of hydrogen-bond donors (Lipinski definition) is 1. The zero-order chi connectivity index (χ0) is 13.7. The van der Waals surface area contributed by atoms with E-state index in [1.807, 2.05) is 0 Å². The Morgan fingerprint density at radius 3 is 2.39 bits per heavy atom. The van der Waals surface area contributed by atoms with E-state index < -0.39 is 0 Å². The summed E-state index contributed by atoms with van der Waals surface area (Å²) in [6.07, 6.45) is 1.22. The number of likely N-dealkylation sites (N-methyl/N-ethyl adjacent to an activating group) is 1. The van der Waals surface area contributed by atoms with E-state index in [0.717, 1.165) is 18.5 Å². The van der Waals surface area contributed by atoms with E-state index >= 15 is 0 Å². The molecule has 1 heterocycles. The fraction of sp³-hybridized carbons (Fsp3) is 1.00. The van der Waals surface area contributed by atoms with Crippen LogP contribution in [-0.4, -0.2) is 62.2 Å². The minimum Gasteiger partial charge on any atom is -0.312 e. The van der Waals surface area contributed by atoms with Crippen molar-refractivity contribution in [2.24, 2.45) is 11.8 Å². The van der Waals surface area contributed by atoms with Gasteiger partial charge in [-0.25, -0.2) is 0 Å². The maximum absolute atomic E-state index is 3.70. The van der Waals surface area contributed by atoms with Crippen molar-refractivity contribution in [3.63, 3.8) is 0 Å². The third-order valence-corrected chi connectivity index (χ3v) is 4.23. The van der Waals surface area contributed by atoms with E-state index in [9.17, 15) is 0 Å². The van der Waals surface area contributed by atoms with Gasteiger partial charge in [0, 0.05) is 31.7 Å². The molecule has 0 aliphatic carbocycles. The molecule has 0 aromatic carbocycles. The molecule has 108 valence electrons. The molecular formula is C15H33N3. The maximum atomic E-state index is 3.70. The monoisotopic (exact) mass is 255 g/mol. The topological polar surface area (TPSA) is 18.5 Å². The van der Waals surface area contributed by atoms with Crippen molar-refractivity contribution >= 4 is 0 Å². The van der Waals surface area contributed by atoms with E-state index in [2.05, 4.69) is 56.9 Å². The highest BCUT2D eigenvalue weighted by Gasteiger charge is 2.32. The van der Waals surface area contributed by atoms with Crippen molar-refractivity contribution < 1.29 is 0 Å². The van der Waals surface area contributed by atoms with E-state index in [-0.39, 0.29) is 0 Å². The Morgan fingerprint density at radius 2 is 1.94 bits per heavy atom. The molecule has 3 atom stereocenters. The van der Waals surface area contributed by atoms with E-state index in [1.165, 1.54) is 26.1 Å². The standard InChI is InChI=1S/C15H33N3/c1-7-8-16-14(12(2)3)10-18-9-13(4)15(11-18)17(5)6/h12-16H,7-11H2,1-6H3. The van der Waals surface area contributed by atoms with Crippen molar-refractivity contribution in [1.82, 2.24) is 15.1 Å². The Hall–Kier alpha value is -0.120. The summed E-state index contributed by atoms with van der Waals surface area (Å²) in [4.78, 5) is 5.02. The molecule has 0 radical (unpaired) electrons. The van der Waals surface area contributed by atoms with Crippen LogP contribution < -0.4 is 5.32 Å². The molecule has 0 spiro atoms. The highest BCUT2D eigenvalue weighted by Crippen LogP contribution is 2.20. The molecule has 1 N–H and O–H groups in total. The van der Waals surface area contributed by atoms with Gasteiger partial charge in [0.05, 0.1) is 0 Å². The molecular weight excluding hydrogens is 222 g/mol. The Kier molecular flexibility index (Phi) is 6.61. The number of rotatable bonds is 7. The first-order valence-electron chi connectivity index (χ1n) is 7.57. The Bertz CT molecular complexity index is 228. The average Bonchev–Trinajstić information content (AvgIpc) is 2.65. The molecule has 1 aliphatic rings. The summed E-state index contributed by atoms with van der Waals surface area (Å²) >= 11 is 0. The molecule has 18 heavy (non-hydrogen) atoms. The molecule has 0 aromatic heterocycles. The van der Waals surface area contributed by atoms with Crippen LogP contribution in [0.15, 0.2) is 0 Å². The van der Waals surface area contributed by atoms with Crippen molar-refractivity contribution in [3.8, 4) is 0 Å². The van der Waals surface area contributed by atoms with Gasteiger partial charge >= 0.3 is 0 Å². The second-order valence-corrected chi connectivity index (χ2v) is 6.53. The summed E-state index contributed by atoms with van der Waals surface area (Å²) in [6, 6.07) is 1.36. The van der Waals surface area contributed by atoms with Gasteiger partial charge in [-0.15, -0.1) is 0 Å². The average molecular weight is 255 g/mol. The SMILES string of the molecule is CCCNC(CN1CC(C)C(N(C)C)C1)C(C)C. The molecule has 3 heteroatoms. The maximum Gasteiger partial charge on any atom is 0.0254 e. The first-order valence-corrected chi connectivity index (χ1v) is 7.57. The van der Waals surface area contributed by atoms with Crippen LogP contribution in [0.25, 0.3) is 0 Å². The van der Waals surface area contributed by atoms with Gasteiger partial charge in [0.1, 0.15) is 0 Å². The Morgan fingerprint density at radius 1 is 1.28 bits per heavy atom. The largest absolute Gasteiger partial charge is 0.312 e. The van der Waals surface area contributed by atoms with Gasteiger partial charge in [0.25, 0.3) is 0 Å². The van der Waals surface area contributed by atoms with Crippen LogP contribution in [0, 0.1) is 11.8 Å². The summed E-state index contributed by atoms with van der Waals surface area (Å²) in [5, 5.41) is 3.70. The minimum atomic E-state index is 0.637. The van der Waals surface area contributed by atoms with Gasteiger partial charge in [0.2, 0.25) is 0 Å². The molecule has 1 rings (SSSR count). The Labute approximate surface area is 114 Å². The molecule has 3 unspecified atom stereocenters. The molecule has 0 bridgehead atoms. The Balaban J connectivity index is 2.45. The van der Waals surface area contributed by atoms with Crippen LogP contribution in [0.5, 0.6) is 0 Å². The highest BCUT2D eigenvalue weighted by atomic mass is 15.2. The van der Waals surface area contributed by atoms with Crippen LogP contribution >= 0.6 is 0 Å². The zero-order valence-electron chi connectivity index (χ0n) is 13.2. The quantitative estimate of drug-likeness (QED) is 0.749. The normalized spacial score (nSPS) is 27.3. The van der Waals surface area contributed by atoms with Gasteiger partial charge in [-0.1, -0.05) is 27.7 Å². The number of hydrogen-bond acceptors (Lipinski definition) is 3. The van der Waals surface area contributed by atoms with E-state index in [0.29, 0.717) is 12.0 Å². The molecule has 1 fully saturated rings. The van der Waals surface area contributed by atoms with Crippen LogP contribution in [0.3, 0.4) is 0 Å². The van der Waals surface area contributed by atoms with Gasteiger partial charge in [-0.3, -0.25) is 4.90 Å². The first-order chi connectivity index (χ1) is 8.45. The second kappa shape index (κ2) is 7.46. The van der Waals surface area contributed by atoms with Gasteiger partial charge in [-0.2, -0.15) is 0 Å². The van der Waals surface area contributed by atoms with Crippen molar-refractivity contribution in [2.75, 3.05) is 40.3 Å². The summed E-state index contributed by atoms with van der Waals surface area (Å²) < 4.78 is 0. The summed E-state index contributed by atoms with van der Waals surface area (Å²) in [5.74, 6) is 1.50. The molecule has 1 saturated heterocycles. The summed E-state index contributed by atoms with van der Waals surface area (Å²) in [5.41, 5.74) is 0.